The number of hydrogen-bond acceptors (Lipinski definition) is 5. The Labute approximate surface area is 163 Å². The minimum Gasteiger partial charge on any atom is -0.476 e. The van der Waals surface area contributed by atoms with Gasteiger partial charge in [0.25, 0.3) is 0 Å². The molecule has 0 aliphatic carbocycles. The molecule has 0 bridgehead atoms. The number of aryl methyl sites for hydroxylation is 1. The fourth-order valence-electron chi connectivity index (χ4n) is 3.85. The van der Waals surface area contributed by atoms with Crippen LogP contribution in [0.4, 0.5) is 0 Å². The largest absolute Gasteiger partial charge is 0.476 e. The number of aromatic carboxylic acids is 1. The number of rotatable bonds is 6. The number of carbonyl (C=O) groups is 1. The minimum absolute atomic E-state index is 0.00344. The number of piperidine rings is 1. The number of carboxylic acid groups (broad SMARTS) is 1. The molecular formula is C20H24N6O2. The smallest absolute Gasteiger partial charge is 0.358 e. The second-order valence-electron chi connectivity index (χ2n) is 7.45. The van der Waals surface area contributed by atoms with Gasteiger partial charge in [-0.15, -0.1) is 5.10 Å². The van der Waals surface area contributed by atoms with E-state index in [2.05, 4.69) is 45.6 Å². The molecule has 8 heteroatoms. The number of para-hydroxylation sites is 1. The zero-order valence-electron chi connectivity index (χ0n) is 15.9. The van der Waals surface area contributed by atoms with Crippen molar-refractivity contribution in [2.75, 3.05) is 13.1 Å². The third kappa shape index (κ3) is 4.12. The van der Waals surface area contributed by atoms with Gasteiger partial charge in [-0.05, 0) is 43.9 Å². The highest BCUT2D eigenvalue weighted by molar-refractivity contribution is 5.84. The first-order valence-corrected chi connectivity index (χ1v) is 9.54. The molecule has 0 spiro atoms. The van der Waals surface area contributed by atoms with Crippen LogP contribution in [0, 0.1) is 12.8 Å². The van der Waals surface area contributed by atoms with Gasteiger partial charge < -0.3 is 5.11 Å². The summed E-state index contributed by atoms with van der Waals surface area (Å²) in [6.45, 7) is 5.66. The molecule has 0 radical (unpaired) electrons. The fourth-order valence-corrected chi connectivity index (χ4v) is 3.85. The van der Waals surface area contributed by atoms with E-state index in [0.717, 1.165) is 38.2 Å². The molecule has 1 saturated heterocycles. The summed E-state index contributed by atoms with van der Waals surface area (Å²) in [7, 11) is 0. The molecule has 1 fully saturated rings. The topological polar surface area (TPSA) is 89.1 Å². The summed E-state index contributed by atoms with van der Waals surface area (Å²) in [6, 6.07) is 8.23. The van der Waals surface area contributed by atoms with Crippen LogP contribution in [0.5, 0.6) is 0 Å². The minimum atomic E-state index is -1.04. The van der Waals surface area contributed by atoms with Crippen molar-refractivity contribution in [3.05, 3.63) is 59.7 Å². The van der Waals surface area contributed by atoms with E-state index in [1.165, 1.54) is 17.3 Å². The molecule has 3 heterocycles. The van der Waals surface area contributed by atoms with Crippen LogP contribution in [0.1, 0.15) is 34.5 Å². The highest BCUT2D eigenvalue weighted by Crippen LogP contribution is 2.21. The molecule has 0 saturated carbocycles. The average molecular weight is 380 g/mol. The van der Waals surface area contributed by atoms with Gasteiger partial charge >= 0.3 is 5.97 Å². The van der Waals surface area contributed by atoms with E-state index in [1.807, 2.05) is 23.0 Å². The van der Waals surface area contributed by atoms with Crippen LogP contribution in [0.15, 0.2) is 42.9 Å². The van der Waals surface area contributed by atoms with Gasteiger partial charge in [-0.1, -0.05) is 23.4 Å². The lowest BCUT2D eigenvalue weighted by atomic mass is 9.98. The molecule has 4 rings (SSSR count). The number of nitrogens with zero attached hydrogens (tertiary/aromatic N) is 6. The highest BCUT2D eigenvalue weighted by Gasteiger charge is 2.22. The maximum absolute atomic E-state index is 11.0. The number of aromatic nitrogens is 5. The maximum Gasteiger partial charge on any atom is 0.358 e. The third-order valence-electron chi connectivity index (χ3n) is 5.21. The molecular weight excluding hydrogens is 356 g/mol. The fraction of sp³-hybridized carbons (Fsp3) is 0.400. The molecule has 0 amide bonds. The van der Waals surface area contributed by atoms with Crippen molar-refractivity contribution in [1.29, 1.82) is 0 Å². The second-order valence-corrected chi connectivity index (χ2v) is 7.45. The van der Waals surface area contributed by atoms with E-state index in [1.54, 1.807) is 4.68 Å². The van der Waals surface area contributed by atoms with Crippen molar-refractivity contribution in [1.82, 2.24) is 29.7 Å². The number of carboxylic acids is 1. The molecule has 2 aromatic heterocycles. The Kier molecular flexibility index (Phi) is 5.21. The normalized spacial score (nSPS) is 17.7. The van der Waals surface area contributed by atoms with Crippen LogP contribution in [-0.2, 0) is 13.1 Å². The predicted molar refractivity (Wildman–Crippen MR) is 103 cm³/mol. The van der Waals surface area contributed by atoms with Crippen LogP contribution < -0.4 is 0 Å². The summed E-state index contributed by atoms with van der Waals surface area (Å²) in [5.74, 6) is -0.606. The Morgan fingerprint density at radius 1 is 1.29 bits per heavy atom. The van der Waals surface area contributed by atoms with Crippen molar-refractivity contribution in [3.8, 4) is 5.69 Å². The predicted octanol–water partition coefficient (Wildman–Crippen LogP) is 2.38. The van der Waals surface area contributed by atoms with E-state index < -0.39 is 5.97 Å². The van der Waals surface area contributed by atoms with Crippen LogP contribution in [0.3, 0.4) is 0 Å². The van der Waals surface area contributed by atoms with Crippen molar-refractivity contribution in [2.45, 2.75) is 32.9 Å². The second kappa shape index (κ2) is 7.93. The summed E-state index contributed by atoms with van der Waals surface area (Å²) in [5, 5.41) is 21.1. The van der Waals surface area contributed by atoms with E-state index >= 15 is 0 Å². The Hall–Kier alpha value is -3.00. The first kappa shape index (κ1) is 18.4. The molecule has 1 aliphatic rings. The SMILES string of the molecule is Cc1ccccc1-n1cc(CN2CCCC(Cn3cc(C(=O)O)nn3)C2)cn1. The monoisotopic (exact) mass is 380 g/mol. The molecule has 1 aliphatic heterocycles. The first-order valence-electron chi connectivity index (χ1n) is 9.54. The molecule has 1 unspecified atom stereocenters. The first-order chi connectivity index (χ1) is 13.6. The summed E-state index contributed by atoms with van der Waals surface area (Å²) in [6.07, 6.45) is 7.78. The molecule has 1 atom stereocenters. The van der Waals surface area contributed by atoms with Gasteiger partial charge in [0.1, 0.15) is 0 Å². The molecule has 146 valence electrons. The Balaban J connectivity index is 1.37. The van der Waals surface area contributed by atoms with E-state index in [9.17, 15) is 4.79 Å². The Morgan fingerprint density at radius 2 is 2.14 bits per heavy atom. The van der Waals surface area contributed by atoms with Gasteiger partial charge in [-0.25, -0.2) is 9.48 Å². The summed E-state index contributed by atoms with van der Waals surface area (Å²) in [4.78, 5) is 13.4. The van der Waals surface area contributed by atoms with E-state index in [4.69, 9.17) is 5.11 Å². The van der Waals surface area contributed by atoms with Crippen molar-refractivity contribution in [3.63, 3.8) is 0 Å². The lowest BCUT2D eigenvalue weighted by molar-refractivity contribution is 0.0690. The number of benzene rings is 1. The van der Waals surface area contributed by atoms with Crippen LogP contribution in [0.2, 0.25) is 0 Å². The van der Waals surface area contributed by atoms with Crippen LogP contribution >= 0.6 is 0 Å². The van der Waals surface area contributed by atoms with Gasteiger partial charge in [-0.2, -0.15) is 5.10 Å². The number of hydrogen-bond donors (Lipinski definition) is 1. The van der Waals surface area contributed by atoms with E-state index in [-0.39, 0.29) is 5.69 Å². The molecule has 3 aromatic rings. The van der Waals surface area contributed by atoms with Gasteiger partial charge in [0.15, 0.2) is 5.69 Å². The Bertz CT molecular complexity index is 963. The Morgan fingerprint density at radius 3 is 2.93 bits per heavy atom. The third-order valence-corrected chi connectivity index (χ3v) is 5.21. The van der Waals surface area contributed by atoms with Gasteiger partial charge in [0.2, 0.25) is 0 Å². The lowest BCUT2D eigenvalue weighted by Crippen LogP contribution is -2.36. The molecule has 1 N–H and O–H groups in total. The molecule has 28 heavy (non-hydrogen) atoms. The van der Waals surface area contributed by atoms with Crippen molar-refractivity contribution in [2.24, 2.45) is 5.92 Å². The lowest BCUT2D eigenvalue weighted by Gasteiger charge is -2.32. The van der Waals surface area contributed by atoms with Crippen LogP contribution in [0.25, 0.3) is 5.69 Å². The highest BCUT2D eigenvalue weighted by atomic mass is 16.4. The summed E-state index contributed by atoms with van der Waals surface area (Å²) < 4.78 is 3.59. The van der Waals surface area contributed by atoms with Gasteiger partial charge in [0.05, 0.1) is 18.1 Å². The summed E-state index contributed by atoms with van der Waals surface area (Å²) >= 11 is 0. The summed E-state index contributed by atoms with van der Waals surface area (Å²) in [5.41, 5.74) is 3.49. The van der Waals surface area contributed by atoms with Gasteiger partial charge in [-0.3, -0.25) is 9.58 Å². The van der Waals surface area contributed by atoms with Crippen molar-refractivity contribution >= 4 is 5.97 Å². The van der Waals surface area contributed by atoms with Crippen molar-refractivity contribution < 1.29 is 9.90 Å². The molecule has 1 aromatic carbocycles. The molecule has 8 nitrogen and oxygen atoms in total. The quantitative estimate of drug-likeness (QED) is 0.706. The average Bonchev–Trinajstić information content (AvgIpc) is 3.32. The zero-order valence-corrected chi connectivity index (χ0v) is 15.9. The zero-order chi connectivity index (χ0) is 19.5. The van der Waals surface area contributed by atoms with Crippen LogP contribution in [-0.4, -0.2) is 53.8 Å². The van der Waals surface area contributed by atoms with Gasteiger partial charge in [0, 0.05) is 31.4 Å². The standard InChI is InChI=1S/C20H24N6O2/c1-15-5-2-3-7-19(15)26-13-17(9-21-26)11-24-8-4-6-16(10-24)12-25-14-18(20(27)28)22-23-25/h2-3,5,7,9,13-14,16H,4,6,8,10-12H2,1H3,(H,27,28). The number of likely N-dealkylation sites (tertiary alicyclic amines) is 1. The van der Waals surface area contributed by atoms with E-state index in [0.29, 0.717) is 12.5 Å². The maximum atomic E-state index is 11.0.